The second kappa shape index (κ2) is 9.26. The molecule has 0 bridgehead atoms. The number of esters is 1. The van der Waals surface area contributed by atoms with Gasteiger partial charge in [-0.1, -0.05) is 17.7 Å². The average Bonchev–Trinajstić information content (AvgIpc) is 2.74. The molecule has 1 aliphatic rings. The van der Waals surface area contributed by atoms with E-state index < -0.39 is 0 Å². The van der Waals surface area contributed by atoms with Gasteiger partial charge in [0.1, 0.15) is 17.2 Å². The molecule has 1 saturated heterocycles. The highest BCUT2D eigenvalue weighted by molar-refractivity contribution is 5.78. The van der Waals surface area contributed by atoms with E-state index in [0.29, 0.717) is 37.4 Å². The number of nitrogens with zero attached hydrogens (tertiary/aromatic N) is 1. The number of carbonyl (C=O) groups is 2. The summed E-state index contributed by atoms with van der Waals surface area (Å²) in [6.45, 7) is 3.09. The number of amides is 1. The van der Waals surface area contributed by atoms with Crippen molar-refractivity contribution in [2.75, 3.05) is 26.8 Å². The Morgan fingerprint density at radius 3 is 2.04 bits per heavy atom. The van der Waals surface area contributed by atoms with Crippen LogP contribution in [0.5, 0.6) is 17.2 Å². The highest BCUT2D eigenvalue weighted by atomic mass is 16.5. The van der Waals surface area contributed by atoms with Gasteiger partial charge in [-0.2, -0.15) is 0 Å². The fourth-order valence-electron chi connectivity index (χ4n) is 3.11. The van der Waals surface area contributed by atoms with E-state index in [1.54, 1.807) is 17.0 Å². The Hall–Kier alpha value is -3.02. The number of carbonyl (C=O) groups excluding carboxylic acids is 2. The minimum absolute atomic E-state index is 0.0267. The molecule has 0 aliphatic carbocycles. The Bertz CT molecular complexity index is 793. The summed E-state index contributed by atoms with van der Waals surface area (Å²) in [5.41, 5.74) is 1.18. The lowest BCUT2D eigenvalue weighted by molar-refractivity contribution is -0.149. The zero-order chi connectivity index (χ0) is 19.9. The minimum Gasteiger partial charge on any atom is -0.484 e. The van der Waals surface area contributed by atoms with E-state index in [1.165, 1.54) is 12.7 Å². The SMILES string of the molecule is COC(=O)C1CCN(C(=O)COc2ccc(Oc3ccc(C)cc3)cc2)CC1. The second-order valence-corrected chi connectivity index (χ2v) is 6.85. The van der Waals surface area contributed by atoms with E-state index in [9.17, 15) is 9.59 Å². The first-order chi connectivity index (χ1) is 13.5. The molecule has 28 heavy (non-hydrogen) atoms. The number of hydrogen-bond donors (Lipinski definition) is 0. The Labute approximate surface area is 165 Å². The summed E-state index contributed by atoms with van der Waals surface area (Å²) in [6.07, 6.45) is 1.26. The molecule has 2 aromatic carbocycles. The van der Waals surface area contributed by atoms with Crippen LogP contribution >= 0.6 is 0 Å². The van der Waals surface area contributed by atoms with Crippen molar-refractivity contribution in [3.05, 3.63) is 54.1 Å². The number of methoxy groups -OCH3 is 1. The zero-order valence-corrected chi connectivity index (χ0v) is 16.2. The number of likely N-dealkylation sites (tertiary alicyclic amines) is 1. The van der Waals surface area contributed by atoms with Crippen LogP contribution in [0.2, 0.25) is 0 Å². The molecule has 6 heteroatoms. The maximum Gasteiger partial charge on any atom is 0.308 e. The molecule has 0 aromatic heterocycles. The molecular weight excluding hydrogens is 358 g/mol. The van der Waals surface area contributed by atoms with Crippen LogP contribution in [0.4, 0.5) is 0 Å². The summed E-state index contributed by atoms with van der Waals surface area (Å²) in [4.78, 5) is 25.6. The van der Waals surface area contributed by atoms with E-state index in [1.807, 2.05) is 43.3 Å². The first-order valence-corrected chi connectivity index (χ1v) is 9.38. The molecule has 1 amide bonds. The van der Waals surface area contributed by atoms with E-state index in [-0.39, 0.29) is 24.4 Å². The standard InChI is InChI=1S/C22H25NO5/c1-16-3-5-19(6-4-16)28-20-9-7-18(8-10-20)27-15-21(24)23-13-11-17(12-14-23)22(25)26-2/h3-10,17H,11-15H2,1-2H3. The summed E-state index contributed by atoms with van der Waals surface area (Å²) in [7, 11) is 1.39. The van der Waals surface area contributed by atoms with Gasteiger partial charge in [0.05, 0.1) is 13.0 Å². The van der Waals surface area contributed by atoms with Gasteiger partial charge in [0.2, 0.25) is 0 Å². The molecule has 2 aromatic rings. The quantitative estimate of drug-likeness (QED) is 0.714. The van der Waals surface area contributed by atoms with Gasteiger partial charge in [0.25, 0.3) is 5.91 Å². The summed E-state index contributed by atoms with van der Waals surface area (Å²) >= 11 is 0. The van der Waals surface area contributed by atoms with Gasteiger partial charge in [0.15, 0.2) is 6.61 Å². The highest BCUT2D eigenvalue weighted by Gasteiger charge is 2.27. The van der Waals surface area contributed by atoms with Crippen molar-refractivity contribution in [2.24, 2.45) is 5.92 Å². The van der Waals surface area contributed by atoms with Crippen LogP contribution in [0, 0.1) is 12.8 Å². The number of benzene rings is 2. The number of hydrogen-bond acceptors (Lipinski definition) is 5. The fourth-order valence-corrected chi connectivity index (χ4v) is 3.11. The molecule has 3 rings (SSSR count). The number of aryl methyl sites for hydroxylation is 1. The van der Waals surface area contributed by atoms with Crippen LogP contribution in [-0.2, 0) is 14.3 Å². The number of piperidine rings is 1. The monoisotopic (exact) mass is 383 g/mol. The van der Waals surface area contributed by atoms with Crippen LogP contribution in [0.3, 0.4) is 0 Å². The minimum atomic E-state index is -0.198. The molecule has 148 valence electrons. The molecule has 1 fully saturated rings. The van der Waals surface area contributed by atoms with Crippen molar-refractivity contribution in [1.29, 1.82) is 0 Å². The van der Waals surface area contributed by atoms with Gasteiger partial charge in [-0.05, 0) is 56.2 Å². The van der Waals surface area contributed by atoms with E-state index in [4.69, 9.17) is 14.2 Å². The normalized spacial score (nSPS) is 14.4. The summed E-state index contributed by atoms with van der Waals surface area (Å²) in [6, 6.07) is 15.0. The fraction of sp³-hybridized carbons (Fsp3) is 0.364. The van der Waals surface area contributed by atoms with E-state index >= 15 is 0 Å². The average molecular weight is 383 g/mol. The molecule has 0 N–H and O–H groups in total. The Balaban J connectivity index is 1.45. The Kier molecular flexibility index (Phi) is 6.53. The maximum absolute atomic E-state index is 12.3. The Morgan fingerprint density at radius 2 is 1.46 bits per heavy atom. The summed E-state index contributed by atoms with van der Waals surface area (Å²) in [5, 5.41) is 0. The third kappa shape index (κ3) is 5.25. The third-order valence-corrected chi connectivity index (χ3v) is 4.82. The van der Waals surface area contributed by atoms with Crippen molar-refractivity contribution < 1.29 is 23.8 Å². The molecule has 6 nitrogen and oxygen atoms in total. The van der Waals surface area contributed by atoms with Crippen LogP contribution in [0.25, 0.3) is 0 Å². The van der Waals surface area contributed by atoms with Crippen molar-refractivity contribution in [1.82, 2.24) is 4.90 Å². The molecular formula is C22H25NO5. The molecule has 0 spiro atoms. The maximum atomic E-state index is 12.3. The number of ether oxygens (including phenoxy) is 3. The number of rotatable bonds is 6. The topological polar surface area (TPSA) is 65.1 Å². The van der Waals surface area contributed by atoms with Crippen molar-refractivity contribution in [3.63, 3.8) is 0 Å². The molecule has 0 saturated carbocycles. The third-order valence-electron chi connectivity index (χ3n) is 4.82. The van der Waals surface area contributed by atoms with Crippen molar-refractivity contribution in [2.45, 2.75) is 19.8 Å². The lowest BCUT2D eigenvalue weighted by Gasteiger charge is -2.30. The predicted molar refractivity (Wildman–Crippen MR) is 105 cm³/mol. The lowest BCUT2D eigenvalue weighted by Crippen LogP contribution is -2.42. The summed E-state index contributed by atoms with van der Waals surface area (Å²) in [5.74, 6) is 1.68. The smallest absolute Gasteiger partial charge is 0.308 e. The predicted octanol–water partition coefficient (Wildman–Crippen LogP) is 3.58. The van der Waals surface area contributed by atoms with Crippen molar-refractivity contribution in [3.8, 4) is 17.2 Å². The van der Waals surface area contributed by atoms with Gasteiger partial charge in [-0.3, -0.25) is 9.59 Å². The van der Waals surface area contributed by atoms with Gasteiger partial charge >= 0.3 is 5.97 Å². The molecule has 0 atom stereocenters. The molecule has 0 radical (unpaired) electrons. The largest absolute Gasteiger partial charge is 0.484 e. The van der Waals surface area contributed by atoms with E-state index in [0.717, 1.165) is 5.75 Å². The Morgan fingerprint density at radius 1 is 0.929 bits per heavy atom. The van der Waals surface area contributed by atoms with Gasteiger partial charge < -0.3 is 19.1 Å². The van der Waals surface area contributed by atoms with Crippen LogP contribution in [0.1, 0.15) is 18.4 Å². The molecule has 0 unspecified atom stereocenters. The second-order valence-electron chi connectivity index (χ2n) is 6.85. The van der Waals surface area contributed by atoms with Gasteiger partial charge in [-0.15, -0.1) is 0 Å². The summed E-state index contributed by atoms with van der Waals surface area (Å²) < 4.78 is 16.1. The van der Waals surface area contributed by atoms with Crippen molar-refractivity contribution >= 4 is 11.9 Å². The van der Waals surface area contributed by atoms with Crippen LogP contribution in [0.15, 0.2) is 48.5 Å². The van der Waals surface area contributed by atoms with E-state index in [2.05, 4.69) is 0 Å². The lowest BCUT2D eigenvalue weighted by atomic mass is 9.97. The first-order valence-electron chi connectivity index (χ1n) is 9.38. The first kappa shape index (κ1) is 19.7. The van der Waals surface area contributed by atoms with Crippen LogP contribution in [-0.4, -0.2) is 43.6 Å². The molecule has 1 aliphatic heterocycles. The molecule has 1 heterocycles. The van der Waals surface area contributed by atoms with Gasteiger partial charge in [0, 0.05) is 13.1 Å². The zero-order valence-electron chi connectivity index (χ0n) is 16.2. The highest BCUT2D eigenvalue weighted by Crippen LogP contribution is 2.24. The van der Waals surface area contributed by atoms with Gasteiger partial charge in [-0.25, -0.2) is 0 Å². The van der Waals surface area contributed by atoms with Crippen LogP contribution < -0.4 is 9.47 Å².